The molecule has 1 atom stereocenters. The van der Waals surface area contributed by atoms with E-state index in [0.717, 1.165) is 6.42 Å². The van der Waals surface area contributed by atoms with Gasteiger partial charge in [0.25, 0.3) is 0 Å². The fraction of sp³-hybridized carbons (Fsp3) is 0.632. The maximum absolute atomic E-state index is 12.7. The fourth-order valence-corrected chi connectivity index (χ4v) is 5.18. The molecule has 31 heavy (non-hydrogen) atoms. The number of para-hydroxylation sites is 1. The molecule has 3 saturated heterocycles. The van der Waals surface area contributed by atoms with Crippen molar-refractivity contribution in [1.82, 2.24) is 9.80 Å². The molecule has 1 aromatic rings. The number of piperidine rings is 1. The van der Waals surface area contributed by atoms with Crippen molar-refractivity contribution in [1.29, 1.82) is 0 Å². The third-order valence-electron chi connectivity index (χ3n) is 6.31. The monoisotopic (exact) mass is 464 g/mol. The summed E-state index contributed by atoms with van der Waals surface area (Å²) in [7, 11) is -5.73. The highest BCUT2D eigenvalue weighted by Gasteiger charge is 2.53. The highest BCUT2D eigenvalue weighted by Crippen LogP contribution is 2.40. The highest BCUT2D eigenvalue weighted by molar-refractivity contribution is 7.88. The molecular formula is C19H23F3N2O6S. The SMILES string of the molecule is O=C(O)N1CC2(CC(N3CCC(c4ccccc4OS(=O)(=O)C(F)(F)F)CC3)CO2)C1. The number of nitrogens with zero attached hydrogens (tertiary/aromatic N) is 2. The molecule has 3 aliphatic heterocycles. The van der Waals surface area contributed by atoms with E-state index in [-0.39, 0.29) is 17.7 Å². The number of likely N-dealkylation sites (tertiary alicyclic amines) is 2. The van der Waals surface area contributed by atoms with Gasteiger partial charge in [-0.05, 0) is 49.9 Å². The number of hydrogen-bond donors (Lipinski definition) is 1. The van der Waals surface area contributed by atoms with E-state index >= 15 is 0 Å². The van der Waals surface area contributed by atoms with E-state index in [2.05, 4.69) is 9.08 Å². The largest absolute Gasteiger partial charge is 0.534 e. The van der Waals surface area contributed by atoms with Gasteiger partial charge in [0.2, 0.25) is 0 Å². The van der Waals surface area contributed by atoms with Gasteiger partial charge in [-0.15, -0.1) is 0 Å². The number of benzene rings is 1. The quantitative estimate of drug-likeness (QED) is 0.541. The molecule has 8 nitrogen and oxygen atoms in total. The van der Waals surface area contributed by atoms with Crippen molar-refractivity contribution >= 4 is 16.2 Å². The molecule has 0 bridgehead atoms. The minimum atomic E-state index is -5.73. The van der Waals surface area contributed by atoms with Gasteiger partial charge in [0.1, 0.15) is 11.4 Å². The number of amides is 1. The van der Waals surface area contributed by atoms with Gasteiger partial charge >= 0.3 is 21.7 Å². The molecule has 1 spiro atoms. The summed E-state index contributed by atoms with van der Waals surface area (Å²) in [5.74, 6) is -0.414. The lowest BCUT2D eigenvalue weighted by atomic mass is 9.86. The van der Waals surface area contributed by atoms with Crippen LogP contribution in [0.4, 0.5) is 18.0 Å². The van der Waals surface area contributed by atoms with E-state index in [1.54, 1.807) is 12.1 Å². The zero-order valence-corrected chi connectivity index (χ0v) is 17.4. The minimum Gasteiger partial charge on any atom is -0.465 e. The van der Waals surface area contributed by atoms with Crippen molar-refractivity contribution in [3.05, 3.63) is 29.8 Å². The van der Waals surface area contributed by atoms with E-state index in [0.29, 0.717) is 51.2 Å². The van der Waals surface area contributed by atoms with E-state index in [1.165, 1.54) is 17.0 Å². The van der Waals surface area contributed by atoms with E-state index in [4.69, 9.17) is 9.84 Å². The average Bonchev–Trinajstić information content (AvgIpc) is 3.12. The fourth-order valence-electron chi connectivity index (χ4n) is 4.69. The summed E-state index contributed by atoms with van der Waals surface area (Å²) < 4.78 is 71.3. The number of halogens is 3. The van der Waals surface area contributed by atoms with Crippen molar-refractivity contribution in [3.63, 3.8) is 0 Å². The van der Waals surface area contributed by atoms with Gasteiger partial charge in [-0.2, -0.15) is 21.6 Å². The van der Waals surface area contributed by atoms with Gasteiger partial charge in [-0.3, -0.25) is 4.90 Å². The summed E-state index contributed by atoms with van der Waals surface area (Å²) in [5.41, 5.74) is -5.45. The van der Waals surface area contributed by atoms with Gasteiger partial charge in [0.15, 0.2) is 0 Å². The Morgan fingerprint density at radius 1 is 1.19 bits per heavy atom. The Hall–Kier alpha value is -2.05. The molecule has 0 aliphatic carbocycles. The van der Waals surface area contributed by atoms with Crippen LogP contribution in [-0.2, 0) is 14.9 Å². The molecule has 1 aromatic carbocycles. The molecule has 0 aromatic heterocycles. The first-order chi connectivity index (χ1) is 14.5. The van der Waals surface area contributed by atoms with Crippen molar-refractivity contribution in [3.8, 4) is 5.75 Å². The topological polar surface area (TPSA) is 96.4 Å². The number of ether oxygens (including phenoxy) is 1. The second-order valence-corrected chi connectivity index (χ2v) is 9.86. The summed E-state index contributed by atoms with van der Waals surface area (Å²) >= 11 is 0. The van der Waals surface area contributed by atoms with E-state index < -0.39 is 27.3 Å². The van der Waals surface area contributed by atoms with Crippen LogP contribution in [0.25, 0.3) is 0 Å². The molecule has 1 amide bonds. The number of rotatable bonds is 4. The first-order valence-corrected chi connectivity index (χ1v) is 11.4. The Morgan fingerprint density at radius 3 is 2.45 bits per heavy atom. The van der Waals surface area contributed by atoms with Crippen molar-refractivity contribution < 1.29 is 40.4 Å². The molecule has 12 heteroatoms. The van der Waals surface area contributed by atoms with Gasteiger partial charge in [-0.25, -0.2) is 4.79 Å². The summed E-state index contributed by atoms with van der Waals surface area (Å²) in [6.07, 6.45) is 1.06. The second kappa shape index (κ2) is 7.82. The van der Waals surface area contributed by atoms with Crippen LogP contribution in [0.2, 0.25) is 0 Å². The van der Waals surface area contributed by atoms with Crippen LogP contribution in [0, 0.1) is 0 Å². The van der Waals surface area contributed by atoms with Crippen molar-refractivity contribution in [2.24, 2.45) is 0 Å². The number of hydrogen-bond acceptors (Lipinski definition) is 6. The lowest BCUT2D eigenvalue weighted by Gasteiger charge is -2.45. The van der Waals surface area contributed by atoms with Crippen LogP contribution >= 0.6 is 0 Å². The number of carbonyl (C=O) groups is 1. The van der Waals surface area contributed by atoms with E-state index in [9.17, 15) is 26.4 Å². The predicted molar refractivity (Wildman–Crippen MR) is 102 cm³/mol. The summed E-state index contributed by atoms with van der Waals surface area (Å²) in [6.45, 7) is 2.61. The Morgan fingerprint density at radius 2 is 1.84 bits per heavy atom. The Labute approximate surface area is 177 Å². The van der Waals surface area contributed by atoms with Crippen LogP contribution < -0.4 is 4.18 Å². The maximum atomic E-state index is 12.7. The Balaban J connectivity index is 1.37. The van der Waals surface area contributed by atoms with Crippen LogP contribution in [0.1, 0.15) is 30.7 Å². The van der Waals surface area contributed by atoms with Crippen molar-refractivity contribution in [2.45, 2.75) is 42.3 Å². The molecule has 0 saturated carbocycles. The highest BCUT2D eigenvalue weighted by atomic mass is 32.2. The predicted octanol–water partition coefficient (Wildman–Crippen LogP) is 2.62. The van der Waals surface area contributed by atoms with Crippen LogP contribution in [-0.4, -0.2) is 79.4 Å². The van der Waals surface area contributed by atoms with Crippen LogP contribution in [0.5, 0.6) is 5.75 Å². The van der Waals surface area contributed by atoms with Crippen LogP contribution in [0.3, 0.4) is 0 Å². The third-order valence-corrected chi connectivity index (χ3v) is 7.27. The molecule has 0 radical (unpaired) electrons. The Bertz CT molecular complexity index is 940. The first-order valence-electron chi connectivity index (χ1n) is 9.95. The Kier molecular flexibility index (Phi) is 5.59. The van der Waals surface area contributed by atoms with E-state index in [1.807, 2.05) is 0 Å². The second-order valence-electron chi connectivity index (χ2n) is 8.32. The lowest BCUT2D eigenvalue weighted by molar-refractivity contribution is -0.0982. The maximum Gasteiger partial charge on any atom is 0.534 e. The molecule has 3 heterocycles. The molecule has 3 fully saturated rings. The zero-order valence-electron chi connectivity index (χ0n) is 16.5. The molecule has 3 aliphatic rings. The summed E-state index contributed by atoms with van der Waals surface area (Å²) in [6, 6.07) is 6.09. The smallest absolute Gasteiger partial charge is 0.465 e. The molecule has 4 rings (SSSR count). The average molecular weight is 464 g/mol. The minimum absolute atomic E-state index is 0.127. The van der Waals surface area contributed by atoms with Gasteiger partial charge in [-0.1, -0.05) is 18.2 Å². The van der Waals surface area contributed by atoms with Gasteiger partial charge in [0.05, 0.1) is 19.7 Å². The molecule has 172 valence electrons. The summed E-state index contributed by atoms with van der Waals surface area (Å²) in [5, 5.41) is 9.02. The lowest BCUT2D eigenvalue weighted by Crippen LogP contribution is -2.63. The van der Waals surface area contributed by atoms with Crippen molar-refractivity contribution in [2.75, 3.05) is 32.8 Å². The normalized spacial score (nSPS) is 24.9. The molecule has 1 unspecified atom stereocenters. The first kappa shape index (κ1) is 22.2. The molecule has 1 N–H and O–H groups in total. The number of alkyl halides is 3. The van der Waals surface area contributed by atoms with Gasteiger partial charge < -0.3 is 18.9 Å². The molecular weight excluding hydrogens is 441 g/mol. The van der Waals surface area contributed by atoms with Crippen LogP contribution in [0.15, 0.2) is 24.3 Å². The third kappa shape index (κ3) is 4.33. The van der Waals surface area contributed by atoms with Gasteiger partial charge in [0, 0.05) is 6.04 Å². The summed E-state index contributed by atoms with van der Waals surface area (Å²) in [4.78, 5) is 14.6. The zero-order chi connectivity index (χ0) is 22.4. The standard InChI is InChI=1S/C19H23F3N2O6S/c20-19(21,22)31(27,28)30-16-4-2-1-3-15(16)13-5-7-23(8-6-13)14-9-18(29-10-14)11-24(12-18)17(25)26/h1-4,13-14H,5-12H2,(H,25,26). The number of carboxylic acid groups (broad SMARTS) is 1.